The van der Waals surface area contributed by atoms with Crippen molar-refractivity contribution in [2.24, 2.45) is 0 Å². The van der Waals surface area contributed by atoms with Crippen LogP contribution >= 0.6 is 11.3 Å². The van der Waals surface area contributed by atoms with E-state index >= 15 is 0 Å². The fourth-order valence-electron chi connectivity index (χ4n) is 1.82. The van der Waals surface area contributed by atoms with Gasteiger partial charge in [0.05, 0.1) is 10.7 Å². The highest BCUT2D eigenvalue weighted by molar-refractivity contribution is 7.09. The van der Waals surface area contributed by atoms with Crippen molar-refractivity contribution in [3.8, 4) is 0 Å². The van der Waals surface area contributed by atoms with Gasteiger partial charge in [-0.1, -0.05) is 27.7 Å². The van der Waals surface area contributed by atoms with Gasteiger partial charge in [-0.25, -0.2) is 4.98 Å². The number of thiazole rings is 1. The zero-order valence-corrected chi connectivity index (χ0v) is 11.7. The minimum atomic E-state index is 0.571. The van der Waals surface area contributed by atoms with Gasteiger partial charge in [0.1, 0.15) is 0 Å². The molecule has 0 aliphatic carbocycles. The molecule has 2 nitrogen and oxygen atoms in total. The lowest BCUT2D eigenvalue weighted by atomic mass is 9.99. The van der Waals surface area contributed by atoms with E-state index in [0.717, 1.165) is 13.1 Å². The Hall–Kier alpha value is -0.410. The zero-order valence-electron chi connectivity index (χ0n) is 10.9. The Labute approximate surface area is 103 Å². The highest BCUT2D eigenvalue weighted by Crippen LogP contribution is 2.29. The SMILES string of the molecule is CC.CC(C)c1csc(C2CCNCC2)n1. The van der Waals surface area contributed by atoms with Gasteiger partial charge in [-0.15, -0.1) is 11.3 Å². The molecule has 0 bridgehead atoms. The number of nitrogens with one attached hydrogen (secondary N) is 1. The summed E-state index contributed by atoms with van der Waals surface area (Å²) in [5.41, 5.74) is 1.27. The van der Waals surface area contributed by atoms with E-state index in [1.165, 1.54) is 23.5 Å². The van der Waals surface area contributed by atoms with E-state index in [1.807, 2.05) is 25.2 Å². The van der Waals surface area contributed by atoms with E-state index in [9.17, 15) is 0 Å². The third kappa shape index (κ3) is 3.56. The molecule has 0 radical (unpaired) electrons. The van der Waals surface area contributed by atoms with E-state index in [4.69, 9.17) is 4.98 Å². The van der Waals surface area contributed by atoms with E-state index in [0.29, 0.717) is 11.8 Å². The van der Waals surface area contributed by atoms with Crippen LogP contribution in [0.2, 0.25) is 0 Å². The normalized spacial score (nSPS) is 17.1. The van der Waals surface area contributed by atoms with Crippen LogP contribution in [-0.4, -0.2) is 18.1 Å². The molecule has 0 saturated carbocycles. The van der Waals surface area contributed by atoms with Crippen LogP contribution in [0.15, 0.2) is 5.38 Å². The summed E-state index contributed by atoms with van der Waals surface area (Å²) < 4.78 is 0. The quantitative estimate of drug-likeness (QED) is 0.851. The smallest absolute Gasteiger partial charge is 0.0960 e. The summed E-state index contributed by atoms with van der Waals surface area (Å²) in [5, 5.41) is 6.97. The lowest BCUT2D eigenvalue weighted by Gasteiger charge is -2.20. The molecule has 0 unspecified atom stereocenters. The first kappa shape index (κ1) is 13.7. The molecule has 2 heterocycles. The van der Waals surface area contributed by atoms with Crippen LogP contribution in [0, 0.1) is 0 Å². The van der Waals surface area contributed by atoms with Gasteiger partial charge < -0.3 is 5.32 Å². The molecule has 0 spiro atoms. The predicted molar refractivity (Wildman–Crippen MR) is 72.4 cm³/mol. The van der Waals surface area contributed by atoms with E-state index < -0.39 is 0 Å². The molecule has 0 aromatic carbocycles. The average Bonchev–Trinajstić information content (AvgIpc) is 2.82. The van der Waals surface area contributed by atoms with Crippen LogP contribution in [0.4, 0.5) is 0 Å². The van der Waals surface area contributed by atoms with Gasteiger partial charge in [-0.05, 0) is 31.8 Å². The van der Waals surface area contributed by atoms with Gasteiger partial charge in [0, 0.05) is 11.3 Å². The fraction of sp³-hybridized carbons (Fsp3) is 0.769. The molecule has 16 heavy (non-hydrogen) atoms. The molecule has 0 amide bonds. The fourth-order valence-corrected chi connectivity index (χ4v) is 2.97. The topological polar surface area (TPSA) is 24.9 Å². The minimum absolute atomic E-state index is 0.571. The van der Waals surface area contributed by atoms with E-state index in [-0.39, 0.29) is 0 Å². The van der Waals surface area contributed by atoms with Crippen LogP contribution < -0.4 is 5.32 Å². The number of nitrogens with zero attached hydrogens (tertiary/aromatic N) is 1. The van der Waals surface area contributed by atoms with Crippen LogP contribution in [0.5, 0.6) is 0 Å². The van der Waals surface area contributed by atoms with Crippen molar-refractivity contribution < 1.29 is 0 Å². The zero-order chi connectivity index (χ0) is 12.0. The van der Waals surface area contributed by atoms with Gasteiger partial charge in [-0.3, -0.25) is 0 Å². The third-order valence-electron chi connectivity index (χ3n) is 2.82. The Balaban J connectivity index is 0.000000606. The Morgan fingerprint density at radius 1 is 1.31 bits per heavy atom. The van der Waals surface area contributed by atoms with E-state index in [2.05, 4.69) is 24.5 Å². The predicted octanol–water partition coefficient (Wildman–Crippen LogP) is 3.76. The maximum absolute atomic E-state index is 4.72. The van der Waals surface area contributed by atoms with Gasteiger partial charge >= 0.3 is 0 Å². The summed E-state index contributed by atoms with van der Waals surface area (Å²) in [4.78, 5) is 4.72. The Kier molecular flexibility index (Phi) is 5.99. The van der Waals surface area contributed by atoms with Crippen LogP contribution in [-0.2, 0) is 0 Å². The molecule has 1 saturated heterocycles. The molecule has 0 atom stereocenters. The molecule has 1 aromatic rings. The molecule has 1 N–H and O–H groups in total. The highest BCUT2D eigenvalue weighted by atomic mass is 32.1. The van der Waals surface area contributed by atoms with Gasteiger partial charge in [-0.2, -0.15) is 0 Å². The van der Waals surface area contributed by atoms with Crippen LogP contribution in [0.1, 0.15) is 63.1 Å². The van der Waals surface area contributed by atoms with Gasteiger partial charge in [0.25, 0.3) is 0 Å². The molecule has 1 aliphatic heterocycles. The molecule has 92 valence electrons. The Bertz CT molecular complexity index is 288. The second-order valence-electron chi connectivity index (χ2n) is 4.29. The molecular formula is C13H24N2S. The number of hydrogen-bond acceptors (Lipinski definition) is 3. The molecule has 1 aromatic heterocycles. The van der Waals surface area contributed by atoms with Crippen molar-refractivity contribution in [1.29, 1.82) is 0 Å². The third-order valence-corrected chi connectivity index (χ3v) is 3.85. The lowest BCUT2D eigenvalue weighted by molar-refractivity contribution is 0.458. The van der Waals surface area contributed by atoms with Crippen molar-refractivity contribution in [3.63, 3.8) is 0 Å². The molecule has 3 heteroatoms. The number of piperidine rings is 1. The number of hydrogen-bond donors (Lipinski definition) is 1. The summed E-state index contributed by atoms with van der Waals surface area (Å²) in [7, 11) is 0. The summed E-state index contributed by atoms with van der Waals surface area (Å²) in [6.45, 7) is 10.7. The van der Waals surface area contributed by atoms with Crippen LogP contribution in [0.3, 0.4) is 0 Å². The Morgan fingerprint density at radius 2 is 1.94 bits per heavy atom. The first-order valence-electron chi connectivity index (χ1n) is 6.43. The average molecular weight is 240 g/mol. The van der Waals surface area contributed by atoms with Gasteiger partial charge in [0.2, 0.25) is 0 Å². The first-order chi connectivity index (χ1) is 7.77. The summed E-state index contributed by atoms with van der Waals surface area (Å²) in [6.07, 6.45) is 2.51. The van der Waals surface area contributed by atoms with Gasteiger partial charge in [0.15, 0.2) is 0 Å². The summed E-state index contributed by atoms with van der Waals surface area (Å²) in [5.74, 6) is 1.29. The van der Waals surface area contributed by atoms with Crippen molar-refractivity contribution in [3.05, 3.63) is 16.1 Å². The summed E-state index contributed by atoms with van der Waals surface area (Å²) >= 11 is 1.85. The highest BCUT2D eigenvalue weighted by Gasteiger charge is 2.18. The molecule has 2 rings (SSSR count). The largest absolute Gasteiger partial charge is 0.317 e. The maximum atomic E-state index is 4.72. The monoisotopic (exact) mass is 240 g/mol. The molecular weight excluding hydrogens is 216 g/mol. The first-order valence-corrected chi connectivity index (χ1v) is 7.31. The van der Waals surface area contributed by atoms with Crippen LogP contribution in [0.25, 0.3) is 0 Å². The second kappa shape index (κ2) is 7.02. The van der Waals surface area contributed by atoms with E-state index in [1.54, 1.807) is 0 Å². The minimum Gasteiger partial charge on any atom is -0.317 e. The van der Waals surface area contributed by atoms with Crippen molar-refractivity contribution in [1.82, 2.24) is 10.3 Å². The Morgan fingerprint density at radius 3 is 2.44 bits per heavy atom. The standard InChI is InChI=1S/C11H18N2S.C2H6/c1-8(2)10-7-14-11(13-10)9-3-5-12-6-4-9;1-2/h7-9,12H,3-6H2,1-2H3;1-2H3. The number of rotatable bonds is 2. The van der Waals surface area contributed by atoms with Crippen molar-refractivity contribution in [2.75, 3.05) is 13.1 Å². The van der Waals surface area contributed by atoms with Crippen molar-refractivity contribution in [2.45, 2.75) is 52.4 Å². The molecule has 1 fully saturated rings. The second-order valence-corrected chi connectivity index (χ2v) is 5.18. The maximum Gasteiger partial charge on any atom is 0.0960 e. The lowest BCUT2D eigenvalue weighted by Crippen LogP contribution is -2.26. The summed E-state index contributed by atoms with van der Waals surface area (Å²) in [6, 6.07) is 0. The van der Waals surface area contributed by atoms with Crippen molar-refractivity contribution >= 4 is 11.3 Å². The number of aromatic nitrogens is 1. The molecule has 1 aliphatic rings.